The highest BCUT2D eigenvalue weighted by molar-refractivity contribution is 8.00. The summed E-state index contributed by atoms with van der Waals surface area (Å²) in [7, 11) is 0. The van der Waals surface area contributed by atoms with Gasteiger partial charge in [0.15, 0.2) is 4.34 Å². The average molecular weight is 289 g/mol. The number of nitrogens with zero attached hydrogens (tertiary/aromatic N) is 2. The van der Waals surface area contributed by atoms with Gasteiger partial charge in [0, 0.05) is 5.75 Å². The van der Waals surface area contributed by atoms with Gasteiger partial charge in [0.2, 0.25) is 0 Å². The Morgan fingerprint density at radius 3 is 3.06 bits per heavy atom. The third kappa shape index (κ3) is 5.79. The molecule has 0 aliphatic rings. The Hall–Kier alpha value is -0.660. The predicted molar refractivity (Wildman–Crippen MR) is 74.0 cm³/mol. The van der Waals surface area contributed by atoms with Gasteiger partial charge < -0.3 is 10.1 Å². The Bertz CT molecular complexity index is 333. The largest absolute Gasteiger partial charge is 0.465 e. The van der Waals surface area contributed by atoms with Gasteiger partial charge in [-0.1, -0.05) is 30.0 Å². The highest BCUT2D eigenvalue weighted by Gasteiger charge is 2.18. The van der Waals surface area contributed by atoms with E-state index >= 15 is 0 Å². The summed E-state index contributed by atoms with van der Waals surface area (Å²) >= 11 is 3.14. The Morgan fingerprint density at radius 1 is 1.61 bits per heavy atom. The summed E-state index contributed by atoms with van der Waals surface area (Å²) in [5.74, 6) is 0.666. The molecule has 18 heavy (non-hydrogen) atoms. The van der Waals surface area contributed by atoms with Gasteiger partial charge in [0.25, 0.3) is 0 Å². The normalized spacial score (nSPS) is 12.3. The lowest BCUT2D eigenvalue weighted by molar-refractivity contribution is -0.145. The molecule has 1 heterocycles. The molecule has 1 atom stereocenters. The minimum atomic E-state index is -0.217. The Labute approximate surface area is 116 Å². The molecule has 0 saturated heterocycles. The third-order valence-corrected chi connectivity index (χ3v) is 4.08. The van der Waals surface area contributed by atoms with Crippen LogP contribution >= 0.6 is 23.1 Å². The molecular formula is C11H19N3O2S2. The van der Waals surface area contributed by atoms with Crippen molar-refractivity contribution < 1.29 is 9.53 Å². The fraction of sp³-hybridized carbons (Fsp3) is 0.727. The lowest BCUT2D eigenvalue weighted by Gasteiger charge is -2.16. The van der Waals surface area contributed by atoms with E-state index < -0.39 is 0 Å². The van der Waals surface area contributed by atoms with Crippen LogP contribution in [0.4, 0.5) is 0 Å². The van der Waals surface area contributed by atoms with E-state index in [9.17, 15) is 4.79 Å². The molecule has 0 radical (unpaired) electrons. The minimum Gasteiger partial charge on any atom is -0.465 e. The zero-order valence-corrected chi connectivity index (χ0v) is 12.4. The number of carbonyl (C=O) groups excluding carboxylic acids is 1. The van der Waals surface area contributed by atoms with Crippen LogP contribution in [0.5, 0.6) is 0 Å². The van der Waals surface area contributed by atoms with Crippen molar-refractivity contribution in [3.63, 3.8) is 0 Å². The van der Waals surface area contributed by atoms with E-state index in [4.69, 9.17) is 4.74 Å². The highest BCUT2D eigenvalue weighted by atomic mass is 32.2. The van der Waals surface area contributed by atoms with Crippen molar-refractivity contribution >= 4 is 29.1 Å². The lowest BCUT2D eigenvalue weighted by Crippen LogP contribution is -2.39. The summed E-state index contributed by atoms with van der Waals surface area (Å²) in [5.41, 5.74) is 1.71. The number of nitrogens with one attached hydrogen (secondary N) is 1. The maximum absolute atomic E-state index is 11.7. The summed E-state index contributed by atoms with van der Waals surface area (Å²) in [5, 5.41) is 10.9. The molecule has 0 amide bonds. The average Bonchev–Trinajstić information content (AvgIpc) is 2.86. The Balaban J connectivity index is 2.32. The van der Waals surface area contributed by atoms with Crippen LogP contribution in [-0.2, 0) is 9.53 Å². The molecule has 5 nitrogen and oxygen atoms in total. The first-order valence-electron chi connectivity index (χ1n) is 6.06. The maximum atomic E-state index is 11.7. The van der Waals surface area contributed by atoms with Gasteiger partial charge in [-0.15, -0.1) is 10.2 Å². The number of aromatic nitrogens is 2. The third-order valence-electron chi connectivity index (χ3n) is 2.18. The number of thioether (sulfide) groups is 1. The van der Waals surface area contributed by atoms with Gasteiger partial charge >= 0.3 is 5.97 Å². The van der Waals surface area contributed by atoms with Crippen LogP contribution in [0.3, 0.4) is 0 Å². The molecule has 0 saturated carbocycles. The van der Waals surface area contributed by atoms with Crippen molar-refractivity contribution in [2.24, 2.45) is 0 Å². The molecule has 102 valence electrons. The fourth-order valence-electron chi connectivity index (χ4n) is 1.35. The van der Waals surface area contributed by atoms with Gasteiger partial charge in [-0.05, 0) is 26.3 Å². The second kappa shape index (κ2) is 9.29. The SMILES string of the molecule is CCCNC(CCSc1nncs1)C(=O)OCC. The molecule has 1 aromatic rings. The van der Waals surface area contributed by atoms with Crippen LogP contribution in [0, 0.1) is 0 Å². The predicted octanol–water partition coefficient (Wildman–Crippen LogP) is 1.95. The molecule has 0 aliphatic carbocycles. The molecule has 1 unspecified atom stereocenters. The number of carbonyl (C=O) groups is 1. The van der Waals surface area contributed by atoms with Gasteiger partial charge in [0.1, 0.15) is 11.6 Å². The summed E-state index contributed by atoms with van der Waals surface area (Å²) in [6, 6.07) is -0.217. The Morgan fingerprint density at radius 2 is 2.44 bits per heavy atom. The van der Waals surface area contributed by atoms with E-state index in [-0.39, 0.29) is 12.0 Å². The molecule has 0 aliphatic heterocycles. The van der Waals surface area contributed by atoms with Gasteiger partial charge in [-0.3, -0.25) is 4.79 Å². The fourth-order valence-corrected chi connectivity index (χ4v) is 2.92. The minimum absolute atomic E-state index is 0.163. The maximum Gasteiger partial charge on any atom is 0.323 e. The van der Waals surface area contributed by atoms with Crippen molar-refractivity contribution in [2.45, 2.75) is 37.1 Å². The molecule has 1 aromatic heterocycles. The van der Waals surface area contributed by atoms with E-state index in [1.807, 2.05) is 6.92 Å². The molecule has 0 aromatic carbocycles. The van der Waals surface area contributed by atoms with Crippen molar-refractivity contribution in [3.8, 4) is 0 Å². The van der Waals surface area contributed by atoms with Crippen molar-refractivity contribution in [1.82, 2.24) is 15.5 Å². The molecule has 0 fully saturated rings. The second-order valence-corrected chi connectivity index (χ2v) is 5.78. The van der Waals surface area contributed by atoms with Crippen LogP contribution in [0.1, 0.15) is 26.7 Å². The van der Waals surface area contributed by atoms with Gasteiger partial charge in [-0.25, -0.2) is 0 Å². The molecule has 7 heteroatoms. The Kier molecular flexibility index (Phi) is 7.95. The van der Waals surface area contributed by atoms with Crippen LogP contribution in [0.2, 0.25) is 0 Å². The van der Waals surface area contributed by atoms with Crippen LogP contribution in [0.15, 0.2) is 9.85 Å². The smallest absolute Gasteiger partial charge is 0.323 e. The van der Waals surface area contributed by atoms with Gasteiger partial charge in [0.05, 0.1) is 6.61 Å². The molecule has 1 N–H and O–H groups in total. The molecule has 0 spiro atoms. The first kappa shape index (κ1) is 15.4. The standard InChI is InChI=1S/C11H19N3O2S2/c1-3-6-12-9(10(15)16-4-2)5-7-17-11-14-13-8-18-11/h8-9,12H,3-7H2,1-2H3. The number of rotatable bonds is 9. The summed E-state index contributed by atoms with van der Waals surface area (Å²) in [4.78, 5) is 11.7. The van der Waals surface area contributed by atoms with Crippen molar-refractivity contribution in [3.05, 3.63) is 5.51 Å². The number of hydrogen-bond donors (Lipinski definition) is 1. The highest BCUT2D eigenvalue weighted by Crippen LogP contribution is 2.20. The van der Waals surface area contributed by atoms with Crippen LogP contribution < -0.4 is 5.32 Å². The van der Waals surface area contributed by atoms with E-state index in [2.05, 4.69) is 22.4 Å². The summed E-state index contributed by atoms with van der Waals surface area (Å²) in [6.45, 7) is 5.15. The van der Waals surface area contributed by atoms with Crippen molar-refractivity contribution in [1.29, 1.82) is 0 Å². The second-order valence-electron chi connectivity index (χ2n) is 3.60. The molecule has 1 rings (SSSR count). The number of hydrogen-bond acceptors (Lipinski definition) is 7. The van der Waals surface area contributed by atoms with E-state index in [0.717, 1.165) is 29.5 Å². The van der Waals surface area contributed by atoms with E-state index in [1.54, 1.807) is 17.3 Å². The summed E-state index contributed by atoms with van der Waals surface area (Å²) in [6.07, 6.45) is 1.74. The zero-order chi connectivity index (χ0) is 13.2. The topological polar surface area (TPSA) is 64.1 Å². The first-order chi connectivity index (χ1) is 8.77. The molecule has 0 bridgehead atoms. The first-order valence-corrected chi connectivity index (χ1v) is 7.93. The van der Waals surface area contributed by atoms with Crippen LogP contribution in [0.25, 0.3) is 0 Å². The lowest BCUT2D eigenvalue weighted by atomic mass is 10.2. The van der Waals surface area contributed by atoms with E-state index in [0.29, 0.717) is 6.61 Å². The monoisotopic (exact) mass is 289 g/mol. The quantitative estimate of drug-likeness (QED) is 0.554. The van der Waals surface area contributed by atoms with E-state index in [1.165, 1.54) is 11.3 Å². The van der Waals surface area contributed by atoms with Crippen LogP contribution in [-0.4, -0.2) is 41.1 Å². The number of esters is 1. The molecular weight excluding hydrogens is 270 g/mol. The number of ether oxygens (including phenoxy) is 1. The zero-order valence-electron chi connectivity index (χ0n) is 10.7. The van der Waals surface area contributed by atoms with Gasteiger partial charge in [-0.2, -0.15) is 0 Å². The summed E-state index contributed by atoms with van der Waals surface area (Å²) < 4.78 is 5.99. The van der Waals surface area contributed by atoms with Crippen molar-refractivity contribution in [2.75, 3.05) is 18.9 Å².